The quantitative estimate of drug-likeness (QED) is 0.786. The van der Waals surface area contributed by atoms with Crippen LogP contribution in [0.15, 0.2) is 34.7 Å². The summed E-state index contributed by atoms with van der Waals surface area (Å²) in [5, 5.41) is 8.36. The maximum Gasteiger partial charge on any atom is 0.247 e. The van der Waals surface area contributed by atoms with Crippen LogP contribution in [-0.2, 0) is 16.1 Å². The van der Waals surface area contributed by atoms with Crippen molar-refractivity contribution in [1.82, 2.24) is 20.0 Å². The topological polar surface area (TPSA) is 71.7 Å². The Morgan fingerprint density at radius 3 is 2.85 bits per heavy atom. The van der Waals surface area contributed by atoms with E-state index >= 15 is 0 Å². The lowest BCUT2D eigenvalue weighted by atomic mass is 9.94. The van der Waals surface area contributed by atoms with Crippen LogP contribution in [0, 0.1) is 5.92 Å². The molecule has 0 unspecified atom stereocenters. The molecule has 138 valence electrons. The van der Waals surface area contributed by atoms with Gasteiger partial charge in [-0.3, -0.25) is 9.69 Å². The van der Waals surface area contributed by atoms with Gasteiger partial charge in [-0.05, 0) is 25.0 Å². The molecule has 1 amide bonds. The van der Waals surface area contributed by atoms with Gasteiger partial charge in [0.15, 0.2) is 0 Å². The average molecular weight is 356 g/mol. The third-order valence-corrected chi connectivity index (χ3v) is 5.25. The fraction of sp³-hybridized carbons (Fsp3) is 0.526. The lowest BCUT2D eigenvalue weighted by molar-refractivity contribution is -0.140. The van der Waals surface area contributed by atoms with E-state index in [1.54, 1.807) is 7.11 Å². The summed E-state index contributed by atoms with van der Waals surface area (Å²) in [6.07, 6.45) is 2.01. The standard InChI is InChI=1S/C19H24N4O3/c1-25-10-9-23-16-8-7-15(19(23)24)11-22(12-16)13-17-20-21-18(26-17)14-5-3-2-4-6-14/h2-6,15-16H,7-13H2,1H3/t15-,16+/m1/s1. The van der Waals surface area contributed by atoms with E-state index in [1.807, 2.05) is 35.2 Å². The summed E-state index contributed by atoms with van der Waals surface area (Å²) in [5.74, 6) is 1.45. The maximum absolute atomic E-state index is 12.7. The number of carbonyl (C=O) groups excluding carboxylic acids is 1. The number of piperidine rings is 1. The molecule has 2 aromatic rings. The zero-order chi connectivity index (χ0) is 17.9. The Hall–Kier alpha value is -2.25. The highest BCUT2D eigenvalue weighted by Gasteiger charge is 2.40. The summed E-state index contributed by atoms with van der Waals surface area (Å²) in [7, 11) is 1.67. The van der Waals surface area contributed by atoms with Gasteiger partial charge in [0.2, 0.25) is 17.7 Å². The summed E-state index contributed by atoms with van der Waals surface area (Å²) in [6.45, 7) is 3.43. The molecule has 7 heteroatoms. The lowest BCUT2D eigenvalue weighted by Crippen LogP contribution is -2.49. The lowest BCUT2D eigenvalue weighted by Gasteiger charge is -2.35. The van der Waals surface area contributed by atoms with Crippen molar-refractivity contribution >= 4 is 5.91 Å². The largest absolute Gasteiger partial charge is 0.419 e. The van der Waals surface area contributed by atoms with E-state index in [9.17, 15) is 4.79 Å². The predicted molar refractivity (Wildman–Crippen MR) is 95.1 cm³/mol. The summed E-state index contributed by atoms with van der Waals surface area (Å²) in [6, 6.07) is 10.0. The van der Waals surface area contributed by atoms with Gasteiger partial charge >= 0.3 is 0 Å². The van der Waals surface area contributed by atoms with Crippen LogP contribution >= 0.6 is 0 Å². The van der Waals surface area contributed by atoms with Gasteiger partial charge in [-0.25, -0.2) is 0 Å². The molecule has 3 aliphatic rings. The summed E-state index contributed by atoms with van der Waals surface area (Å²) < 4.78 is 11.0. The monoisotopic (exact) mass is 356 g/mol. The first-order valence-corrected chi connectivity index (χ1v) is 9.14. The van der Waals surface area contributed by atoms with Crippen LogP contribution in [0.3, 0.4) is 0 Å². The van der Waals surface area contributed by atoms with Crippen LogP contribution in [0.4, 0.5) is 0 Å². The molecule has 0 N–H and O–H groups in total. The van der Waals surface area contributed by atoms with Crippen molar-refractivity contribution in [2.45, 2.75) is 25.4 Å². The number of ether oxygens (including phenoxy) is 1. The smallest absolute Gasteiger partial charge is 0.247 e. The Balaban J connectivity index is 1.45. The number of carbonyl (C=O) groups is 1. The molecular weight excluding hydrogens is 332 g/mol. The summed E-state index contributed by atoms with van der Waals surface area (Å²) in [4.78, 5) is 17.0. The van der Waals surface area contributed by atoms with Crippen molar-refractivity contribution in [3.05, 3.63) is 36.2 Å². The van der Waals surface area contributed by atoms with Gasteiger partial charge in [-0.15, -0.1) is 10.2 Å². The molecule has 26 heavy (non-hydrogen) atoms. The molecule has 1 aromatic carbocycles. The van der Waals surface area contributed by atoms with Crippen LogP contribution in [0.25, 0.3) is 11.5 Å². The minimum Gasteiger partial charge on any atom is -0.419 e. The Morgan fingerprint density at radius 2 is 2.04 bits per heavy atom. The highest BCUT2D eigenvalue weighted by molar-refractivity contribution is 5.80. The summed E-state index contributed by atoms with van der Waals surface area (Å²) in [5.41, 5.74) is 0.920. The van der Waals surface area contributed by atoms with Crippen molar-refractivity contribution < 1.29 is 13.9 Å². The number of benzene rings is 1. The van der Waals surface area contributed by atoms with E-state index < -0.39 is 0 Å². The van der Waals surface area contributed by atoms with Gasteiger partial charge < -0.3 is 14.1 Å². The normalized spacial score (nSPS) is 23.4. The van der Waals surface area contributed by atoms with Crippen molar-refractivity contribution in [2.75, 3.05) is 33.4 Å². The van der Waals surface area contributed by atoms with Crippen molar-refractivity contribution in [1.29, 1.82) is 0 Å². The Bertz CT molecular complexity index is 748. The molecular formula is C19H24N4O3. The molecule has 4 heterocycles. The SMILES string of the molecule is COCCN1C(=O)[C@@H]2CC[C@H]1CN(Cc1nnc(-c3ccccc3)o1)C2. The molecule has 0 radical (unpaired) electrons. The molecule has 2 bridgehead atoms. The van der Waals surface area contributed by atoms with E-state index in [-0.39, 0.29) is 17.9 Å². The fourth-order valence-electron chi connectivity index (χ4n) is 3.95. The number of aromatic nitrogens is 2. The first kappa shape index (κ1) is 17.2. The maximum atomic E-state index is 12.7. The second-order valence-corrected chi connectivity index (χ2v) is 7.01. The molecule has 5 rings (SSSR count). The number of hydrogen-bond donors (Lipinski definition) is 0. The molecule has 0 saturated carbocycles. The number of amides is 1. The van der Waals surface area contributed by atoms with Crippen molar-refractivity contribution in [3.8, 4) is 11.5 Å². The number of nitrogens with zero attached hydrogens (tertiary/aromatic N) is 4. The van der Waals surface area contributed by atoms with Gasteiger partial charge in [0, 0.05) is 38.3 Å². The van der Waals surface area contributed by atoms with Gasteiger partial charge in [0.05, 0.1) is 19.1 Å². The third-order valence-electron chi connectivity index (χ3n) is 5.25. The molecule has 3 aliphatic heterocycles. The predicted octanol–water partition coefficient (Wildman–Crippen LogP) is 1.81. The van der Waals surface area contributed by atoms with Crippen molar-refractivity contribution in [3.63, 3.8) is 0 Å². The second-order valence-electron chi connectivity index (χ2n) is 7.01. The third kappa shape index (κ3) is 3.50. The van der Waals surface area contributed by atoms with E-state index in [0.29, 0.717) is 31.5 Å². The fourth-order valence-corrected chi connectivity index (χ4v) is 3.95. The van der Waals surface area contributed by atoms with E-state index in [4.69, 9.17) is 9.15 Å². The van der Waals surface area contributed by atoms with Crippen molar-refractivity contribution in [2.24, 2.45) is 5.92 Å². The van der Waals surface area contributed by atoms with Crippen LogP contribution < -0.4 is 0 Å². The van der Waals surface area contributed by atoms with E-state index in [2.05, 4.69) is 15.1 Å². The second kappa shape index (κ2) is 7.55. The van der Waals surface area contributed by atoms with Crippen LogP contribution in [-0.4, -0.2) is 65.3 Å². The molecule has 2 atom stereocenters. The minimum atomic E-state index is 0.0575. The first-order chi connectivity index (χ1) is 12.7. The van der Waals surface area contributed by atoms with E-state index in [0.717, 1.165) is 31.5 Å². The molecule has 0 spiro atoms. The Kier molecular flexibility index (Phi) is 4.99. The van der Waals surface area contributed by atoms with Crippen LogP contribution in [0.2, 0.25) is 0 Å². The van der Waals surface area contributed by atoms with E-state index in [1.165, 1.54) is 0 Å². The number of fused-ring (bicyclic) bond motifs is 4. The highest BCUT2D eigenvalue weighted by Crippen LogP contribution is 2.30. The first-order valence-electron chi connectivity index (χ1n) is 9.14. The average Bonchev–Trinajstić information content (AvgIpc) is 2.97. The number of rotatable bonds is 6. The number of hydrogen-bond acceptors (Lipinski definition) is 6. The Labute approximate surface area is 152 Å². The van der Waals surface area contributed by atoms with Gasteiger partial charge in [0.25, 0.3) is 0 Å². The van der Waals surface area contributed by atoms with Gasteiger partial charge in [0.1, 0.15) is 0 Å². The van der Waals surface area contributed by atoms with Gasteiger partial charge in [-0.1, -0.05) is 18.2 Å². The summed E-state index contributed by atoms with van der Waals surface area (Å²) >= 11 is 0. The van der Waals surface area contributed by atoms with Gasteiger partial charge in [-0.2, -0.15) is 0 Å². The molecule has 3 saturated heterocycles. The molecule has 0 aliphatic carbocycles. The van der Waals surface area contributed by atoms with Crippen LogP contribution in [0.5, 0.6) is 0 Å². The minimum absolute atomic E-state index is 0.0575. The zero-order valence-corrected chi connectivity index (χ0v) is 15.0. The molecule has 7 nitrogen and oxygen atoms in total. The number of methoxy groups -OCH3 is 1. The van der Waals surface area contributed by atoms with Crippen LogP contribution in [0.1, 0.15) is 18.7 Å². The highest BCUT2D eigenvalue weighted by atomic mass is 16.5. The zero-order valence-electron chi connectivity index (χ0n) is 15.0. The Morgan fingerprint density at radius 1 is 1.19 bits per heavy atom. The molecule has 3 fully saturated rings. The molecule has 1 aromatic heterocycles.